The minimum Gasteiger partial charge on any atom is -0.203 e. The smallest absolute Gasteiger partial charge is 0.170 e. The standard InChI is InChI=1S/C28H27ClF4/c1-3-28(29)16-8-7-11-21(28)17(2)22-24(30)26(32)23(27(33)25(22)31)20-14-12-19(13-15-20)18-9-5-4-6-10-18/h4-6,9-10,12-15,17,21H,3,7-8,11,16H2,1-2H3. The number of halogens is 5. The third-order valence-electron chi connectivity index (χ3n) is 7.25. The summed E-state index contributed by atoms with van der Waals surface area (Å²) < 4.78 is 60.9. The number of hydrogen-bond acceptors (Lipinski definition) is 0. The van der Waals surface area contributed by atoms with E-state index in [1.807, 2.05) is 37.3 Å². The van der Waals surface area contributed by atoms with Gasteiger partial charge in [0.25, 0.3) is 0 Å². The number of rotatable bonds is 5. The van der Waals surface area contributed by atoms with Crippen LogP contribution in [0, 0.1) is 29.2 Å². The zero-order valence-electron chi connectivity index (χ0n) is 18.8. The van der Waals surface area contributed by atoms with Crippen LogP contribution >= 0.6 is 11.6 Å². The fraction of sp³-hybridized carbons (Fsp3) is 0.357. The van der Waals surface area contributed by atoms with Crippen LogP contribution < -0.4 is 0 Å². The third kappa shape index (κ3) is 4.30. The molecule has 0 amide bonds. The zero-order valence-corrected chi connectivity index (χ0v) is 19.5. The van der Waals surface area contributed by atoms with E-state index < -0.39 is 45.2 Å². The first-order valence-corrected chi connectivity index (χ1v) is 11.9. The lowest BCUT2D eigenvalue weighted by Gasteiger charge is -2.42. The van der Waals surface area contributed by atoms with Crippen molar-refractivity contribution in [3.63, 3.8) is 0 Å². The van der Waals surface area contributed by atoms with E-state index in [4.69, 9.17) is 11.6 Å². The van der Waals surface area contributed by atoms with Gasteiger partial charge in [-0.2, -0.15) is 0 Å². The first kappa shape index (κ1) is 23.8. The van der Waals surface area contributed by atoms with Gasteiger partial charge in [-0.1, -0.05) is 81.3 Å². The Morgan fingerprint density at radius 3 is 1.94 bits per heavy atom. The van der Waals surface area contributed by atoms with E-state index in [9.17, 15) is 0 Å². The second-order valence-electron chi connectivity index (χ2n) is 9.02. The van der Waals surface area contributed by atoms with Crippen molar-refractivity contribution >= 4 is 11.6 Å². The first-order chi connectivity index (χ1) is 15.8. The summed E-state index contributed by atoms with van der Waals surface area (Å²) in [6.45, 7) is 3.56. The van der Waals surface area contributed by atoms with Gasteiger partial charge in [-0.05, 0) is 47.8 Å². The Kier molecular flexibility index (Phi) is 6.86. The molecule has 0 aromatic heterocycles. The van der Waals surface area contributed by atoms with Gasteiger partial charge in [0.2, 0.25) is 0 Å². The van der Waals surface area contributed by atoms with Crippen molar-refractivity contribution in [2.75, 3.05) is 0 Å². The van der Waals surface area contributed by atoms with Gasteiger partial charge in [-0.15, -0.1) is 11.6 Å². The maximum atomic E-state index is 15.3. The second-order valence-corrected chi connectivity index (χ2v) is 9.77. The van der Waals surface area contributed by atoms with Crippen molar-refractivity contribution < 1.29 is 17.6 Å². The van der Waals surface area contributed by atoms with E-state index in [-0.39, 0.29) is 11.5 Å². The summed E-state index contributed by atoms with van der Waals surface area (Å²) in [5.74, 6) is -6.40. The molecule has 0 heterocycles. The lowest BCUT2D eigenvalue weighted by atomic mass is 9.69. The minimum atomic E-state index is -1.37. The van der Waals surface area contributed by atoms with Crippen LogP contribution in [0.25, 0.3) is 22.3 Å². The predicted octanol–water partition coefficient (Wildman–Crippen LogP) is 9.26. The highest BCUT2D eigenvalue weighted by Gasteiger charge is 2.43. The average Bonchev–Trinajstić information content (AvgIpc) is 2.84. The molecule has 5 heteroatoms. The van der Waals surface area contributed by atoms with Gasteiger partial charge in [0.15, 0.2) is 23.3 Å². The topological polar surface area (TPSA) is 0 Å². The normalized spacial score (nSPS) is 21.7. The minimum absolute atomic E-state index is 0.0830. The van der Waals surface area contributed by atoms with Crippen LogP contribution in [-0.4, -0.2) is 4.87 Å². The molecule has 3 aromatic rings. The molecule has 33 heavy (non-hydrogen) atoms. The molecule has 0 saturated heterocycles. The molecule has 0 spiro atoms. The van der Waals surface area contributed by atoms with Gasteiger partial charge in [-0.3, -0.25) is 0 Å². The monoisotopic (exact) mass is 474 g/mol. The molecule has 1 saturated carbocycles. The number of hydrogen-bond donors (Lipinski definition) is 0. The molecule has 0 nitrogen and oxygen atoms in total. The van der Waals surface area contributed by atoms with Gasteiger partial charge in [0, 0.05) is 10.4 Å². The first-order valence-electron chi connectivity index (χ1n) is 11.5. The number of alkyl halides is 1. The molecule has 0 N–H and O–H groups in total. The summed E-state index contributed by atoms with van der Waals surface area (Å²) in [7, 11) is 0. The molecule has 0 aliphatic heterocycles. The maximum absolute atomic E-state index is 15.3. The molecule has 0 radical (unpaired) electrons. The lowest BCUT2D eigenvalue weighted by Crippen LogP contribution is -2.38. The molecular formula is C28H27ClF4. The van der Waals surface area contributed by atoms with E-state index in [1.54, 1.807) is 19.1 Å². The van der Waals surface area contributed by atoms with Crippen molar-refractivity contribution in [3.05, 3.63) is 83.4 Å². The van der Waals surface area contributed by atoms with E-state index in [1.165, 1.54) is 12.1 Å². The summed E-state index contributed by atoms with van der Waals surface area (Å²) in [4.78, 5) is -0.630. The Hall–Kier alpha value is -2.33. The molecule has 4 rings (SSSR count). The van der Waals surface area contributed by atoms with E-state index in [0.29, 0.717) is 12.8 Å². The molecule has 3 atom stereocenters. The van der Waals surface area contributed by atoms with Crippen LogP contribution in [0.4, 0.5) is 17.6 Å². The van der Waals surface area contributed by atoms with Crippen molar-refractivity contribution in [1.29, 1.82) is 0 Å². The van der Waals surface area contributed by atoms with Crippen LogP contribution in [0.5, 0.6) is 0 Å². The summed E-state index contributed by atoms with van der Waals surface area (Å²) >= 11 is 6.81. The highest BCUT2D eigenvalue weighted by atomic mass is 35.5. The van der Waals surface area contributed by atoms with Crippen molar-refractivity contribution in [2.24, 2.45) is 5.92 Å². The van der Waals surface area contributed by atoms with Crippen molar-refractivity contribution in [1.82, 2.24) is 0 Å². The fourth-order valence-corrected chi connectivity index (χ4v) is 5.76. The molecule has 1 aliphatic rings. The highest BCUT2D eigenvalue weighted by molar-refractivity contribution is 6.24. The molecule has 3 aromatic carbocycles. The summed E-state index contributed by atoms with van der Waals surface area (Å²) in [6.07, 6.45) is 3.84. The van der Waals surface area contributed by atoms with Gasteiger partial charge in [0.05, 0.1) is 5.56 Å². The van der Waals surface area contributed by atoms with Gasteiger partial charge >= 0.3 is 0 Å². The van der Waals surface area contributed by atoms with Gasteiger partial charge in [0.1, 0.15) is 0 Å². The van der Waals surface area contributed by atoms with Crippen LogP contribution in [0.15, 0.2) is 54.6 Å². The summed E-state index contributed by atoms with van der Waals surface area (Å²) in [6, 6.07) is 15.8. The Labute approximate surface area is 197 Å². The van der Waals surface area contributed by atoms with E-state index >= 15 is 17.6 Å². The zero-order chi connectivity index (χ0) is 23.8. The van der Waals surface area contributed by atoms with E-state index in [2.05, 4.69) is 0 Å². The molecule has 0 bridgehead atoms. The molecular weight excluding hydrogens is 448 g/mol. The summed E-state index contributed by atoms with van der Waals surface area (Å²) in [5, 5.41) is 0. The fourth-order valence-electron chi connectivity index (χ4n) is 5.33. The molecule has 174 valence electrons. The predicted molar refractivity (Wildman–Crippen MR) is 126 cm³/mol. The van der Waals surface area contributed by atoms with Crippen LogP contribution in [0.2, 0.25) is 0 Å². The maximum Gasteiger partial charge on any atom is 0.170 e. The Morgan fingerprint density at radius 1 is 0.818 bits per heavy atom. The quantitative estimate of drug-likeness (QED) is 0.196. The Bertz CT molecular complexity index is 1100. The van der Waals surface area contributed by atoms with Crippen molar-refractivity contribution in [2.45, 2.75) is 56.7 Å². The lowest BCUT2D eigenvalue weighted by molar-refractivity contribution is 0.220. The Balaban J connectivity index is 1.75. The van der Waals surface area contributed by atoms with Crippen LogP contribution in [0.3, 0.4) is 0 Å². The van der Waals surface area contributed by atoms with Crippen LogP contribution in [-0.2, 0) is 0 Å². The average molecular weight is 475 g/mol. The SMILES string of the molecule is CCC1(Cl)CCCCC1C(C)c1c(F)c(F)c(-c2ccc(-c3ccccc3)cc2)c(F)c1F. The molecule has 3 unspecified atom stereocenters. The summed E-state index contributed by atoms with van der Waals surface area (Å²) in [5.41, 5.74) is 0.623. The molecule has 1 aliphatic carbocycles. The highest BCUT2D eigenvalue weighted by Crippen LogP contribution is 2.49. The van der Waals surface area contributed by atoms with Gasteiger partial charge in [-0.25, -0.2) is 17.6 Å². The van der Waals surface area contributed by atoms with Crippen molar-refractivity contribution in [3.8, 4) is 22.3 Å². The molecule has 1 fully saturated rings. The largest absolute Gasteiger partial charge is 0.203 e. The number of benzene rings is 3. The van der Waals surface area contributed by atoms with E-state index in [0.717, 1.165) is 30.4 Å². The van der Waals surface area contributed by atoms with Gasteiger partial charge < -0.3 is 0 Å². The second kappa shape index (κ2) is 9.50. The Morgan fingerprint density at radius 2 is 1.36 bits per heavy atom. The van der Waals surface area contributed by atoms with Crippen LogP contribution in [0.1, 0.15) is 57.4 Å². The third-order valence-corrected chi connectivity index (χ3v) is 7.98.